The highest BCUT2D eigenvalue weighted by molar-refractivity contribution is 5.86. The molecule has 0 aliphatic carbocycles. The molecule has 0 bridgehead atoms. The van der Waals surface area contributed by atoms with Crippen LogP contribution < -0.4 is 0 Å². The van der Waals surface area contributed by atoms with Crippen molar-refractivity contribution in [3.8, 4) is 0 Å². The highest BCUT2D eigenvalue weighted by Crippen LogP contribution is 2.17. The number of nitrogens with zero attached hydrogens (tertiary/aromatic N) is 2. The van der Waals surface area contributed by atoms with Gasteiger partial charge in [-0.05, 0) is 39.7 Å². The summed E-state index contributed by atoms with van der Waals surface area (Å²) < 4.78 is 16.7. The highest BCUT2D eigenvalue weighted by atomic mass is 16.6. The zero-order valence-corrected chi connectivity index (χ0v) is 18.2. The Balaban J connectivity index is 1.85. The van der Waals surface area contributed by atoms with Crippen LogP contribution in [0.3, 0.4) is 0 Å². The van der Waals surface area contributed by atoms with Crippen molar-refractivity contribution in [3.05, 3.63) is 35.9 Å². The number of hydrogen-bond donors (Lipinski definition) is 0. The summed E-state index contributed by atoms with van der Waals surface area (Å²) in [4.78, 5) is 28.4. The van der Waals surface area contributed by atoms with Gasteiger partial charge in [0, 0.05) is 26.7 Å². The van der Waals surface area contributed by atoms with E-state index in [0.717, 1.165) is 5.56 Å². The van der Waals surface area contributed by atoms with E-state index >= 15 is 0 Å². The summed E-state index contributed by atoms with van der Waals surface area (Å²) >= 11 is 0. The SMILES string of the molecule is COC[C@H](CCN1CCN(C(=O)OC(C)(C)C)[C@H](C)C1=O)OCc1ccccc1. The molecule has 0 saturated carbocycles. The summed E-state index contributed by atoms with van der Waals surface area (Å²) in [6, 6.07) is 9.43. The largest absolute Gasteiger partial charge is 0.444 e. The average molecular weight is 407 g/mol. The Labute approximate surface area is 173 Å². The molecule has 1 heterocycles. The van der Waals surface area contributed by atoms with Gasteiger partial charge in [0.05, 0.1) is 19.3 Å². The fourth-order valence-electron chi connectivity index (χ4n) is 3.21. The summed E-state index contributed by atoms with van der Waals surface area (Å²) in [6.07, 6.45) is 0.125. The van der Waals surface area contributed by atoms with Crippen LogP contribution in [0.2, 0.25) is 0 Å². The minimum atomic E-state index is -0.583. The van der Waals surface area contributed by atoms with E-state index in [2.05, 4.69) is 0 Å². The van der Waals surface area contributed by atoms with Crippen LogP contribution in [-0.2, 0) is 25.6 Å². The average Bonchev–Trinajstić information content (AvgIpc) is 2.66. The number of carbonyl (C=O) groups is 2. The zero-order chi connectivity index (χ0) is 21.4. The Morgan fingerprint density at radius 1 is 1.21 bits per heavy atom. The third-order valence-electron chi connectivity index (χ3n) is 4.78. The van der Waals surface area contributed by atoms with Gasteiger partial charge in [-0.25, -0.2) is 4.79 Å². The van der Waals surface area contributed by atoms with E-state index in [0.29, 0.717) is 39.3 Å². The normalized spacial score (nSPS) is 18.7. The summed E-state index contributed by atoms with van der Waals surface area (Å²) in [7, 11) is 1.64. The number of benzene rings is 1. The molecule has 2 rings (SSSR count). The Morgan fingerprint density at radius 2 is 1.90 bits per heavy atom. The number of rotatable bonds is 8. The van der Waals surface area contributed by atoms with E-state index < -0.39 is 17.7 Å². The van der Waals surface area contributed by atoms with Crippen molar-refractivity contribution in [2.75, 3.05) is 33.4 Å². The number of amides is 2. The van der Waals surface area contributed by atoms with E-state index in [1.807, 2.05) is 51.1 Å². The molecule has 7 nitrogen and oxygen atoms in total. The Hall–Kier alpha value is -2.12. The van der Waals surface area contributed by atoms with Crippen molar-refractivity contribution in [1.29, 1.82) is 0 Å². The highest BCUT2D eigenvalue weighted by Gasteiger charge is 2.36. The Kier molecular flexibility index (Phi) is 8.46. The fraction of sp³-hybridized carbons (Fsp3) is 0.636. The van der Waals surface area contributed by atoms with Crippen molar-refractivity contribution in [1.82, 2.24) is 9.80 Å². The molecule has 1 aliphatic rings. The summed E-state index contributed by atoms with van der Waals surface area (Å²) in [5.74, 6) is -0.0682. The molecule has 0 unspecified atom stereocenters. The second kappa shape index (κ2) is 10.6. The third kappa shape index (κ3) is 7.33. The van der Waals surface area contributed by atoms with Crippen LogP contribution in [0.1, 0.15) is 39.7 Å². The standard InChI is InChI=1S/C22H34N2O5/c1-17-20(25)23(13-14-24(17)21(26)29-22(2,3)4)12-11-19(16-27-5)28-15-18-9-7-6-8-10-18/h6-10,17,19H,11-16H2,1-5H3/t17-,19+/m1/s1. The predicted molar refractivity (Wildman–Crippen MR) is 110 cm³/mol. The monoisotopic (exact) mass is 406 g/mol. The first kappa shape index (κ1) is 23.2. The van der Waals surface area contributed by atoms with Crippen LogP contribution in [0.25, 0.3) is 0 Å². The van der Waals surface area contributed by atoms with Crippen LogP contribution in [0.4, 0.5) is 4.79 Å². The van der Waals surface area contributed by atoms with Gasteiger partial charge in [0.25, 0.3) is 0 Å². The summed E-state index contributed by atoms with van der Waals surface area (Å²) in [6.45, 7) is 9.69. The lowest BCUT2D eigenvalue weighted by Crippen LogP contribution is -2.58. The van der Waals surface area contributed by atoms with Crippen LogP contribution in [0.15, 0.2) is 30.3 Å². The topological polar surface area (TPSA) is 68.3 Å². The molecule has 162 valence electrons. The molecule has 1 aromatic rings. The van der Waals surface area contributed by atoms with Gasteiger partial charge in [0.2, 0.25) is 5.91 Å². The van der Waals surface area contributed by atoms with Crippen molar-refractivity contribution in [2.45, 2.75) is 58.5 Å². The van der Waals surface area contributed by atoms with E-state index in [4.69, 9.17) is 14.2 Å². The van der Waals surface area contributed by atoms with Crippen molar-refractivity contribution >= 4 is 12.0 Å². The van der Waals surface area contributed by atoms with Gasteiger partial charge in [-0.2, -0.15) is 0 Å². The molecule has 0 spiro atoms. The van der Waals surface area contributed by atoms with Crippen LogP contribution in [-0.4, -0.2) is 72.9 Å². The lowest BCUT2D eigenvalue weighted by Gasteiger charge is -2.39. The number of ether oxygens (including phenoxy) is 3. The number of methoxy groups -OCH3 is 1. The molecular weight excluding hydrogens is 372 g/mol. The molecule has 0 radical (unpaired) electrons. The van der Waals surface area contributed by atoms with Crippen LogP contribution in [0.5, 0.6) is 0 Å². The molecule has 1 aliphatic heterocycles. The smallest absolute Gasteiger partial charge is 0.411 e. The van der Waals surface area contributed by atoms with Gasteiger partial charge in [-0.1, -0.05) is 30.3 Å². The van der Waals surface area contributed by atoms with Crippen molar-refractivity contribution in [2.24, 2.45) is 0 Å². The Bertz CT molecular complexity index is 659. The lowest BCUT2D eigenvalue weighted by atomic mass is 10.1. The molecule has 0 N–H and O–H groups in total. The van der Waals surface area contributed by atoms with E-state index in [1.165, 1.54) is 4.90 Å². The Morgan fingerprint density at radius 3 is 2.52 bits per heavy atom. The molecule has 0 aromatic heterocycles. The van der Waals surface area contributed by atoms with E-state index in [1.54, 1.807) is 18.9 Å². The molecule has 29 heavy (non-hydrogen) atoms. The van der Waals surface area contributed by atoms with Crippen molar-refractivity contribution < 1.29 is 23.8 Å². The maximum atomic E-state index is 12.8. The van der Waals surface area contributed by atoms with Gasteiger partial charge in [-0.15, -0.1) is 0 Å². The summed E-state index contributed by atoms with van der Waals surface area (Å²) in [5, 5.41) is 0. The molecule has 7 heteroatoms. The fourth-order valence-corrected chi connectivity index (χ4v) is 3.21. The quantitative estimate of drug-likeness (QED) is 0.664. The molecular formula is C22H34N2O5. The summed E-state index contributed by atoms with van der Waals surface area (Å²) in [5.41, 5.74) is 0.518. The van der Waals surface area contributed by atoms with Gasteiger partial charge in [0.1, 0.15) is 11.6 Å². The zero-order valence-electron chi connectivity index (χ0n) is 18.2. The molecule has 1 aromatic carbocycles. The van der Waals surface area contributed by atoms with Crippen LogP contribution in [0, 0.1) is 0 Å². The van der Waals surface area contributed by atoms with Gasteiger partial charge in [-0.3, -0.25) is 9.69 Å². The first-order valence-electron chi connectivity index (χ1n) is 10.1. The second-order valence-corrected chi connectivity index (χ2v) is 8.34. The number of piperazine rings is 1. The molecule has 1 saturated heterocycles. The molecule has 2 atom stereocenters. The minimum Gasteiger partial charge on any atom is -0.444 e. The van der Waals surface area contributed by atoms with Gasteiger partial charge >= 0.3 is 6.09 Å². The number of hydrogen-bond acceptors (Lipinski definition) is 5. The van der Waals surface area contributed by atoms with E-state index in [9.17, 15) is 9.59 Å². The maximum Gasteiger partial charge on any atom is 0.411 e. The minimum absolute atomic E-state index is 0.0682. The maximum absolute atomic E-state index is 12.8. The lowest BCUT2D eigenvalue weighted by molar-refractivity contribution is -0.141. The second-order valence-electron chi connectivity index (χ2n) is 8.34. The van der Waals surface area contributed by atoms with E-state index in [-0.39, 0.29) is 12.0 Å². The van der Waals surface area contributed by atoms with Crippen molar-refractivity contribution in [3.63, 3.8) is 0 Å². The number of carbonyl (C=O) groups excluding carboxylic acids is 2. The first-order valence-corrected chi connectivity index (χ1v) is 10.1. The molecule has 1 fully saturated rings. The van der Waals surface area contributed by atoms with Crippen LogP contribution >= 0.6 is 0 Å². The van der Waals surface area contributed by atoms with Gasteiger partial charge < -0.3 is 19.1 Å². The first-order chi connectivity index (χ1) is 13.7. The third-order valence-corrected chi connectivity index (χ3v) is 4.78. The molecule has 2 amide bonds. The predicted octanol–water partition coefficient (Wildman–Crippen LogP) is 3.08. The van der Waals surface area contributed by atoms with Gasteiger partial charge in [0.15, 0.2) is 0 Å².